The average molecular weight is 496 g/mol. The van der Waals surface area contributed by atoms with E-state index in [2.05, 4.69) is 35.6 Å². The van der Waals surface area contributed by atoms with Crippen LogP contribution < -0.4 is 15.5 Å². The SMILES string of the molecule is Cn1nc(-c2ccncc2)cc1NC(=O)Nc1ccc(-c2nc3c(N4CCOCC4)nccc3[nH]2)cc1. The maximum absolute atomic E-state index is 12.6. The van der Waals surface area contributed by atoms with Gasteiger partial charge in [0.2, 0.25) is 0 Å². The summed E-state index contributed by atoms with van der Waals surface area (Å²) in [5, 5.41) is 10.2. The largest absolute Gasteiger partial charge is 0.378 e. The van der Waals surface area contributed by atoms with Crippen molar-refractivity contribution >= 4 is 34.4 Å². The number of carbonyl (C=O) groups is 1. The maximum Gasteiger partial charge on any atom is 0.324 e. The number of carbonyl (C=O) groups excluding carboxylic acids is 1. The number of aromatic amines is 1. The number of nitrogens with one attached hydrogen (secondary N) is 3. The summed E-state index contributed by atoms with van der Waals surface area (Å²) in [6, 6.07) is 14.6. The Balaban J connectivity index is 1.15. The van der Waals surface area contributed by atoms with Crippen molar-refractivity contribution in [1.29, 1.82) is 0 Å². The van der Waals surface area contributed by atoms with Gasteiger partial charge in [-0.25, -0.2) is 14.8 Å². The molecule has 5 heterocycles. The second-order valence-electron chi connectivity index (χ2n) is 8.65. The van der Waals surface area contributed by atoms with E-state index in [1.54, 1.807) is 30.3 Å². The van der Waals surface area contributed by atoms with Crippen molar-refractivity contribution in [2.45, 2.75) is 0 Å². The molecule has 11 heteroatoms. The Morgan fingerprint density at radius 1 is 0.973 bits per heavy atom. The van der Waals surface area contributed by atoms with Crippen LogP contribution in [0.5, 0.6) is 0 Å². The highest BCUT2D eigenvalue weighted by molar-refractivity contribution is 5.99. The number of aromatic nitrogens is 6. The second-order valence-corrected chi connectivity index (χ2v) is 8.65. The van der Waals surface area contributed by atoms with Crippen LogP contribution in [0.4, 0.5) is 22.1 Å². The number of benzene rings is 1. The van der Waals surface area contributed by atoms with Gasteiger partial charge in [-0.2, -0.15) is 5.10 Å². The molecule has 2 amide bonds. The average Bonchev–Trinajstić information content (AvgIpc) is 3.53. The quantitative estimate of drug-likeness (QED) is 0.338. The van der Waals surface area contributed by atoms with Gasteiger partial charge in [-0.15, -0.1) is 0 Å². The summed E-state index contributed by atoms with van der Waals surface area (Å²) >= 11 is 0. The minimum absolute atomic E-state index is 0.359. The Morgan fingerprint density at radius 2 is 1.76 bits per heavy atom. The van der Waals surface area contributed by atoms with Crippen LogP contribution in [0.25, 0.3) is 33.7 Å². The molecule has 6 rings (SSSR count). The predicted octanol–water partition coefficient (Wildman–Crippen LogP) is 3.90. The molecule has 0 aliphatic carbocycles. The number of nitrogens with zero attached hydrogens (tertiary/aromatic N) is 6. The summed E-state index contributed by atoms with van der Waals surface area (Å²) in [4.78, 5) is 31.6. The lowest BCUT2D eigenvalue weighted by Gasteiger charge is -2.27. The molecule has 3 N–H and O–H groups in total. The van der Waals surface area contributed by atoms with Crippen molar-refractivity contribution in [2.75, 3.05) is 41.8 Å². The number of rotatable bonds is 5. The Kier molecular flexibility index (Phi) is 5.95. The summed E-state index contributed by atoms with van der Waals surface area (Å²) in [5.41, 5.74) is 5.00. The smallest absolute Gasteiger partial charge is 0.324 e. The van der Waals surface area contributed by atoms with E-state index in [9.17, 15) is 4.79 Å². The lowest BCUT2D eigenvalue weighted by atomic mass is 10.2. The highest BCUT2D eigenvalue weighted by atomic mass is 16.5. The number of H-pyrrole nitrogens is 1. The van der Waals surface area contributed by atoms with Gasteiger partial charge in [0.15, 0.2) is 5.82 Å². The van der Waals surface area contributed by atoms with Crippen LogP contribution in [0.2, 0.25) is 0 Å². The van der Waals surface area contributed by atoms with Crippen LogP contribution >= 0.6 is 0 Å². The summed E-state index contributed by atoms with van der Waals surface area (Å²) in [6.07, 6.45) is 5.21. The molecule has 1 fully saturated rings. The van der Waals surface area contributed by atoms with E-state index in [4.69, 9.17) is 9.72 Å². The van der Waals surface area contributed by atoms with Gasteiger partial charge in [-0.05, 0) is 42.5 Å². The number of morpholine rings is 1. The zero-order chi connectivity index (χ0) is 25.2. The summed E-state index contributed by atoms with van der Waals surface area (Å²) < 4.78 is 7.09. The van der Waals surface area contributed by atoms with E-state index in [0.29, 0.717) is 24.7 Å². The minimum atomic E-state index is -0.359. The molecule has 186 valence electrons. The Bertz CT molecular complexity index is 1540. The van der Waals surface area contributed by atoms with Gasteiger partial charge in [0.05, 0.1) is 24.4 Å². The molecule has 0 radical (unpaired) electrons. The molecule has 0 saturated carbocycles. The fourth-order valence-electron chi connectivity index (χ4n) is 4.30. The topological polar surface area (TPSA) is 126 Å². The first kappa shape index (κ1) is 22.7. The fraction of sp³-hybridized carbons (Fsp3) is 0.192. The standard InChI is InChI=1S/C26H25N9O2/c1-34-22(16-21(33-34)17-6-9-27-10-7-17)31-26(36)29-19-4-2-18(3-5-19)24-30-20-8-11-28-25(23(20)32-24)35-12-14-37-15-13-35/h2-11,16H,12-15H2,1H3,(H,30,32)(H2,29,31,36). The number of urea groups is 1. The number of amides is 2. The second kappa shape index (κ2) is 9.70. The van der Waals surface area contributed by atoms with Gasteiger partial charge in [0.1, 0.15) is 17.2 Å². The highest BCUT2D eigenvalue weighted by Crippen LogP contribution is 2.28. The first-order valence-corrected chi connectivity index (χ1v) is 11.9. The molecule has 4 aromatic heterocycles. The summed E-state index contributed by atoms with van der Waals surface area (Å²) in [7, 11) is 1.78. The van der Waals surface area contributed by atoms with Crippen LogP contribution in [-0.4, -0.2) is 62.1 Å². The van der Waals surface area contributed by atoms with Gasteiger partial charge in [0, 0.05) is 61.6 Å². The number of anilines is 3. The Labute approximate surface area is 212 Å². The predicted molar refractivity (Wildman–Crippen MR) is 141 cm³/mol. The molecule has 5 aromatic rings. The molecule has 0 unspecified atom stereocenters. The van der Waals surface area contributed by atoms with Crippen molar-refractivity contribution in [1.82, 2.24) is 29.7 Å². The number of ether oxygens (including phenoxy) is 1. The van der Waals surface area contributed by atoms with Gasteiger partial charge in [-0.1, -0.05) is 0 Å². The zero-order valence-electron chi connectivity index (χ0n) is 20.2. The van der Waals surface area contributed by atoms with Gasteiger partial charge in [-0.3, -0.25) is 15.0 Å². The van der Waals surface area contributed by atoms with E-state index in [0.717, 1.165) is 52.6 Å². The molecule has 1 aliphatic heterocycles. The summed E-state index contributed by atoms with van der Waals surface area (Å²) in [6.45, 7) is 2.95. The van der Waals surface area contributed by atoms with Crippen molar-refractivity contribution in [3.63, 3.8) is 0 Å². The Morgan fingerprint density at radius 3 is 2.54 bits per heavy atom. The van der Waals surface area contributed by atoms with Crippen LogP contribution in [0.1, 0.15) is 0 Å². The molecule has 37 heavy (non-hydrogen) atoms. The fourth-order valence-corrected chi connectivity index (χ4v) is 4.30. The first-order valence-electron chi connectivity index (χ1n) is 11.9. The van der Waals surface area contributed by atoms with E-state index in [1.165, 1.54) is 0 Å². The lowest BCUT2D eigenvalue weighted by molar-refractivity contribution is 0.122. The molecule has 0 bridgehead atoms. The van der Waals surface area contributed by atoms with E-state index in [1.807, 2.05) is 48.5 Å². The normalized spacial score (nSPS) is 13.6. The van der Waals surface area contributed by atoms with E-state index < -0.39 is 0 Å². The number of hydrogen-bond donors (Lipinski definition) is 3. The highest BCUT2D eigenvalue weighted by Gasteiger charge is 2.18. The molecule has 1 aliphatic rings. The molecule has 11 nitrogen and oxygen atoms in total. The lowest BCUT2D eigenvalue weighted by Crippen LogP contribution is -2.36. The third-order valence-electron chi connectivity index (χ3n) is 6.21. The first-order chi connectivity index (χ1) is 18.1. The van der Waals surface area contributed by atoms with Gasteiger partial charge < -0.3 is 19.9 Å². The van der Waals surface area contributed by atoms with E-state index in [-0.39, 0.29) is 6.03 Å². The number of hydrogen-bond acceptors (Lipinski definition) is 7. The number of pyridine rings is 2. The minimum Gasteiger partial charge on any atom is -0.378 e. The van der Waals surface area contributed by atoms with Crippen LogP contribution in [0.3, 0.4) is 0 Å². The molecule has 1 aromatic carbocycles. The van der Waals surface area contributed by atoms with Crippen LogP contribution in [-0.2, 0) is 11.8 Å². The van der Waals surface area contributed by atoms with Gasteiger partial charge in [0.25, 0.3) is 0 Å². The summed E-state index contributed by atoms with van der Waals surface area (Å²) in [5.74, 6) is 2.18. The molecular formula is C26H25N9O2. The molecule has 0 spiro atoms. The molecule has 1 saturated heterocycles. The third-order valence-corrected chi connectivity index (χ3v) is 6.21. The number of fused-ring (bicyclic) bond motifs is 1. The van der Waals surface area contributed by atoms with Crippen molar-refractivity contribution in [2.24, 2.45) is 7.05 Å². The van der Waals surface area contributed by atoms with Crippen molar-refractivity contribution < 1.29 is 9.53 Å². The third kappa shape index (κ3) is 4.71. The van der Waals surface area contributed by atoms with Crippen molar-refractivity contribution in [3.8, 4) is 22.6 Å². The van der Waals surface area contributed by atoms with Gasteiger partial charge >= 0.3 is 6.03 Å². The van der Waals surface area contributed by atoms with Crippen molar-refractivity contribution in [3.05, 3.63) is 67.1 Å². The molecular weight excluding hydrogens is 470 g/mol. The monoisotopic (exact) mass is 495 g/mol. The zero-order valence-corrected chi connectivity index (χ0v) is 20.2. The van der Waals surface area contributed by atoms with Crippen LogP contribution in [0, 0.1) is 0 Å². The van der Waals surface area contributed by atoms with Crippen LogP contribution in [0.15, 0.2) is 67.1 Å². The molecule has 0 atom stereocenters. The Hall–Kier alpha value is -4.77. The maximum atomic E-state index is 12.6. The van der Waals surface area contributed by atoms with E-state index >= 15 is 0 Å². The number of imidazole rings is 1. The number of aryl methyl sites for hydroxylation is 1.